The highest BCUT2D eigenvalue weighted by molar-refractivity contribution is 5.84. The molecule has 0 aliphatic carbocycles. The number of benzene rings is 3. The van der Waals surface area contributed by atoms with Gasteiger partial charge in [0, 0.05) is 22.8 Å². The number of hydrogen-bond donors (Lipinski definition) is 0. The van der Waals surface area contributed by atoms with Crippen molar-refractivity contribution < 1.29 is 17.6 Å². The second kappa shape index (κ2) is 8.61. The van der Waals surface area contributed by atoms with Gasteiger partial charge < -0.3 is 0 Å². The first-order valence-corrected chi connectivity index (χ1v) is 9.70. The molecular formula is C26H17F4N. The molecule has 0 unspecified atom stereocenters. The van der Waals surface area contributed by atoms with Gasteiger partial charge in [-0.3, -0.25) is 4.98 Å². The Labute approximate surface area is 177 Å². The van der Waals surface area contributed by atoms with E-state index in [2.05, 4.69) is 16.8 Å². The minimum atomic E-state index is -0.939. The second-order valence-electron chi connectivity index (χ2n) is 7.31. The number of aromatic nitrogens is 1. The van der Waals surface area contributed by atoms with Crippen LogP contribution in [-0.4, -0.2) is 4.98 Å². The quantitative estimate of drug-likeness (QED) is 0.281. The summed E-state index contributed by atoms with van der Waals surface area (Å²) in [5.74, 6) is 1.85. The third kappa shape index (κ3) is 4.59. The predicted molar refractivity (Wildman–Crippen MR) is 113 cm³/mol. The van der Waals surface area contributed by atoms with E-state index in [0.717, 1.165) is 17.3 Å². The molecule has 5 heteroatoms. The summed E-state index contributed by atoms with van der Waals surface area (Å²) in [6.45, 7) is 1.94. The lowest BCUT2D eigenvalue weighted by Crippen LogP contribution is -1.98. The highest BCUT2D eigenvalue weighted by Crippen LogP contribution is 2.22. The Morgan fingerprint density at radius 2 is 1.55 bits per heavy atom. The molecule has 0 spiro atoms. The SMILES string of the molecule is Cc1ccc(CCc2cc(F)c(C#Cc3ccc4c(F)c(F)ccc4c3)c(F)c2)nc1. The monoisotopic (exact) mass is 419 g/mol. The molecular weight excluding hydrogens is 402 g/mol. The lowest BCUT2D eigenvalue weighted by molar-refractivity contribution is 0.517. The number of fused-ring (bicyclic) bond motifs is 1. The number of halogens is 4. The fourth-order valence-corrected chi connectivity index (χ4v) is 3.29. The lowest BCUT2D eigenvalue weighted by atomic mass is 10.0. The maximum Gasteiger partial charge on any atom is 0.166 e. The van der Waals surface area contributed by atoms with Crippen LogP contribution in [0.3, 0.4) is 0 Å². The molecule has 4 rings (SSSR count). The molecule has 0 atom stereocenters. The summed E-state index contributed by atoms with van der Waals surface area (Å²) in [6.07, 6.45) is 2.77. The second-order valence-corrected chi connectivity index (χ2v) is 7.31. The zero-order valence-corrected chi connectivity index (χ0v) is 16.6. The van der Waals surface area contributed by atoms with Crippen LogP contribution in [0.2, 0.25) is 0 Å². The normalized spacial score (nSPS) is 10.7. The van der Waals surface area contributed by atoms with E-state index in [1.807, 2.05) is 19.1 Å². The first kappa shape index (κ1) is 20.6. The Morgan fingerprint density at radius 3 is 2.26 bits per heavy atom. The Balaban J connectivity index is 1.55. The van der Waals surface area contributed by atoms with E-state index in [1.54, 1.807) is 12.3 Å². The number of hydrogen-bond acceptors (Lipinski definition) is 1. The largest absolute Gasteiger partial charge is 0.261 e. The molecule has 0 aliphatic rings. The molecule has 0 radical (unpaired) electrons. The lowest BCUT2D eigenvalue weighted by Gasteiger charge is -2.05. The van der Waals surface area contributed by atoms with Crippen LogP contribution in [0.1, 0.15) is 27.9 Å². The molecule has 0 amide bonds. The number of pyridine rings is 1. The van der Waals surface area contributed by atoms with E-state index < -0.39 is 23.3 Å². The fraction of sp³-hybridized carbons (Fsp3) is 0.115. The minimum absolute atomic E-state index is 0.121. The van der Waals surface area contributed by atoms with Gasteiger partial charge in [-0.15, -0.1) is 0 Å². The van der Waals surface area contributed by atoms with Crippen LogP contribution in [-0.2, 0) is 12.8 Å². The molecule has 0 saturated heterocycles. The van der Waals surface area contributed by atoms with Crippen molar-refractivity contribution in [3.8, 4) is 11.8 Å². The van der Waals surface area contributed by atoms with Crippen LogP contribution in [0.15, 0.2) is 60.8 Å². The van der Waals surface area contributed by atoms with Gasteiger partial charge in [0.25, 0.3) is 0 Å². The first-order chi connectivity index (χ1) is 14.9. The van der Waals surface area contributed by atoms with Crippen molar-refractivity contribution in [3.63, 3.8) is 0 Å². The Hall–Kier alpha value is -3.65. The number of nitrogens with zero attached hydrogens (tertiary/aromatic N) is 1. The third-order valence-electron chi connectivity index (χ3n) is 4.98. The molecule has 4 aromatic rings. The van der Waals surface area contributed by atoms with Crippen molar-refractivity contribution in [2.45, 2.75) is 19.8 Å². The minimum Gasteiger partial charge on any atom is -0.261 e. The molecule has 0 bridgehead atoms. The van der Waals surface area contributed by atoms with Crippen molar-refractivity contribution in [2.24, 2.45) is 0 Å². The summed E-state index contributed by atoms with van der Waals surface area (Å²) in [4.78, 5) is 4.30. The van der Waals surface area contributed by atoms with E-state index in [9.17, 15) is 17.6 Å². The summed E-state index contributed by atoms with van der Waals surface area (Å²) in [7, 11) is 0. The van der Waals surface area contributed by atoms with E-state index in [4.69, 9.17) is 0 Å². The van der Waals surface area contributed by atoms with Crippen LogP contribution in [0, 0.1) is 42.0 Å². The Kier molecular flexibility index (Phi) is 5.73. The van der Waals surface area contributed by atoms with Crippen LogP contribution < -0.4 is 0 Å². The molecule has 154 valence electrons. The molecule has 0 aliphatic heterocycles. The van der Waals surface area contributed by atoms with Gasteiger partial charge in [0.05, 0.1) is 5.56 Å². The van der Waals surface area contributed by atoms with Crippen LogP contribution in [0.25, 0.3) is 10.8 Å². The van der Waals surface area contributed by atoms with Gasteiger partial charge >= 0.3 is 0 Å². The van der Waals surface area contributed by atoms with Crippen molar-refractivity contribution in [1.82, 2.24) is 4.98 Å². The zero-order valence-electron chi connectivity index (χ0n) is 16.6. The van der Waals surface area contributed by atoms with Gasteiger partial charge in [0.2, 0.25) is 0 Å². The molecule has 3 aromatic carbocycles. The van der Waals surface area contributed by atoms with E-state index >= 15 is 0 Å². The molecule has 1 nitrogen and oxygen atoms in total. The average Bonchev–Trinajstić information content (AvgIpc) is 2.75. The smallest absolute Gasteiger partial charge is 0.166 e. The van der Waals surface area contributed by atoms with E-state index in [0.29, 0.717) is 29.4 Å². The van der Waals surface area contributed by atoms with Crippen molar-refractivity contribution in [1.29, 1.82) is 0 Å². The van der Waals surface area contributed by atoms with Crippen molar-refractivity contribution in [3.05, 3.63) is 112 Å². The Bertz CT molecular complexity index is 1310. The van der Waals surface area contributed by atoms with Crippen molar-refractivity contribution in [2.75, 3.05) is 0 Å². The molecule has 0 saturated carbocycles. The molecule has 0 N–H and O–H groups in total. The number of rotatable bonds is 3. The van der Waals surface area contributed by atoms with Crippen LogP contribution in [0.5, 0.6) is 0 Å². The summed E-state index contributed by atoms with van der Waals surface area (Å²) in [5.41, 5.74) is 2.52. The maximum absolute atomic E-state index is 14.5. The van der Waals surface area contributed by atoms with Gasteiger partial charge in [0.15, 0.2) is 11.6 Å². The Morgan fingerprint density at radius 1 is 0.774 bits per heavy atom. The predicted octanol–water partition coefficient (Wildman–Crippen LogP) is 6.28. The van der Waals surface area contributed by atoms with Gasteiger partial charge in [-0.25, -0.2) is 17.6 Å². The highest BCUT2D eigenvalue weighted by atomic mass is 19.2. The fourth-order valence-electron chi connectivity index (χ4n) is 3.29. The first-order valence-electron chi connectivity index (χ1n) is 9.70. The third-order valence-corrected chi connectivity index (χ3v) is 4.98. The topological polar surface area (TPSA) is 12.9 Å². The highest BCUT2D eigenvalue weighted by Gasteiger charge is 2.10. The maximum atomic E-state index is 14.5. The standard InChI is InChI=1S/C26H17F4N/c1-16-2-7-20(31-15-16)8-3-18-13-24(28)22(25(29)14-18)10-5-17-4-9-21-19(12-17)6-11-23(27)26(21)30/h2,4,6-7,9,11-15H,3,8H2,1H3. The van der Waals surface area contributed by atoms with Gasteiger partial charge in [-0.2, -0.15) is 0 Å². The molecule has 31 heavy (non-hydrogen) atoms. The van der Waals surface area contributed by atoms with Gasteiger partial charge in [-0.05, 0) is 72.7 Å². The van der Waals surface area contributed by atoms with Gasteiger partial charge in [-0.1, -0.05) is 30.0 Å². The molecule has 1 heterocycles. The van der Waals surface area contributed by atoms with Crippen molar-refractivity contribution >= 4 is 10.8 Å². The summed E-state index contributed by atoms with van der Waals surface area (Å²) in [6, 6.07) is 13.3. The van der Waals surface area contributed by atoms with E-state index in [1.165, 1.54) is 30.3 Å². The summed E-state index contributed by atoms with van der Waals surface area (Å²) in [5, 5.41) is 0.571. The number of aryl methyl sites for hydroxylation is 3. The zero-order chi connectivity index (χ0) is 22.0. The summed E-state index contributed by atoms with van der Waals surface area (Å²) < 4.78 is 56.1. The van der Waals surface area contributed by atoms with Crippen LogP contribution >= 0.6 is 0 Å². The van der Waals surface area contributed by atoms with E-state index in [-0.39, 0.29) is 10.9 Å². The van der Waals surface area contributed by atoms with Crippen LogP contribution in [0.4, 0.5) is 17.6 Å². The average molecular weight is 419 g/mol. The van der Waals surface area contributed by atoms with Gasteiger partial charge in [0.1, 0.15) is 11.6 Å². The molecule has 1 aromatic heterocycles. The molecule has 0 fully saturated rings. The summed E-state index contributed by atoms with van der Waals surface area (Å²) >= 11 is 0.